The molecule has 7 nitrogen and oxygen atoms in total. The quantitative estimate of drug-likeness (QED) is 0.299. The first-order valence-corrected chi connectivity index (χ1v) is 9.32. The molecule has 0 fully saturated rings. The van der Waals surface area contributed by atoms with Crippen LogP contribution in [-0.2, 0) is 16.1 Å². The van der Waals surface area contributed by atoms with Crippen LogP contribution in [0, 0.1) is 17.2 Å². The van der Waals surface area contributed by atoms with Crippen LogP contribution in [0.1, 0.15) is 38.5 Å². The Kier molecular flexibility index (Phi) is 8.04. The predicted molar refractivity (Wildman–Crippen MR) is 107 cm³/mol. The molecule has 0 atom stereocenters. The fourth-order valence-electron chi connectivity index (χ4n) is 2.46. The summed E-state index contributed by atoms with van der Waals surface area (Å²) in [6, 6.07) is 10.2. The van der Waals surface area contributed by atoms with Crippen LogP contribution < -0.4 is 14.8 Å². The van der Waals surface area contributed by atoms with Gasteiger partial charge in [0, 0.05) is 6.42 Å². The molecule has 7 heteroatoms. The summed E-state index contributed by atoms with van der Waals surface area (Å²) >= 11 is 0. The van der Waals surface area contributed by atoms with Gasteiger partial charge in [0.2, 0.25) is 0 Å². The lowest BCUT2D eigenvalue weighted by Gasteiger charge is -2.12. The first kappa shape index (κ1) is 21.8. The van der Waals surface area contributed by atoms with Gasteiger partial charge in [0.25, 0.3) is 5.91 Å². The number of benzene rings is 1. The van der Waals surface area contributed by atoms with Crippen molar-refractivity contribution in [3.05, 3.63) is 53.5 Å². The first-order valence-electron chi connectivity index (χ1n) is 9.32. The van der Waals surface area contributed by atoms with Gasteiger partial charge in [-0.05, 0) is 48.7 Å². The Hall–Kier alpha value is -3.53. The van der Waals surface area contributed by atoms with E-state index in [1.807, 2.05) is 26.8 Å². The molecule has 29 heavy (non-hydrogen) atoms. The fourth-order valence-corrected chi connectivity index (χ4v) is 2.46. The van der Waals surface area contributed by atoms with Crippen LogP contribution in [0.25, 0.3) is 6.08 Å². The van der Waals surface area contributed by atoms with Crippen molar-refractivity contribution in [2.45, 2.75) is 33.7 Å². The summed E-state index contributed by atoms with van der Waals surface area (Å²) in [5.41, 5.74) is 0.505. The molecule has 1 aromatic carbocycles. The number of nitrogens with one attached hydrogen (secondary N) is 1. The average Bonchev–Trinajstić information content (AvgIpc) is 3.19. The highest BCUT2D eigenvalue weighted by Crippen LogP contribution is 2.30. The minimum absolute atomic E-state index is 0.0662. The van der Waals surface area contributed by atoms with Gasteiger partial charge in [0.15, 0.2) is 11.5 Å². The van der Waals surface area contributed by atoms with E-state index in [0.717, 1.165) is 0 Å². The molecule has 0 saturated heterocycles. The molecule has 0 bridgehead atoms. The monoisotopic (exact) mass is 396 g/mol. The van der Waals surface area contributed by atoms with Crippen molar-refractivity contribution in [2.75, 3.05) is 6.61 Å². The number of ether oxygens (including phenoxy) is 2. The average molecular weight is 396 g/mol. The lowest BCUT2D eigenvalue weighted by molar-refractivity contribution is -0.135. The van der Waals surface area contributed by atoms with Crippen LogP contribution in [-0.4, -0.2) is 18.5 Å². The van der Waals surface area contributed by atoms with E-state index in [1.54, 1.807) is 30.3 Å². The van der Waals surface area contributed by atoms with Crippen molar-refractivity contribution in [3.8, 4) is 17.6 Å². The zero-order valence-electron chi connectivity index (χ0n) is 16.7. The summed E-state index contributed by atoms with van der Waals surface area (Å²) in [6.07, 6.45) is 3.24. The number of rotatable bonds is 9. The van der Waals surface area contributed by atoms with Crippen molar-refractivity contribution in [2.24, 2.45) is 5.92 Å². The summed E-state index contributed by atoms with van der Waals surface area (Å²) in [4.78, 5) is 24.2. The Bertz CT molecular complexity index is 908. The number of amides is 1. The summed E-state index contributed by atoms with van der Waals surface area (Å²) in [6.45, 7) is 6.22. The molecule has 0 saturated carbocycles. The molecular weight excluding hydrogens is 372 g/mol. The second-order valence-corrected chi connectivity index (χ2v) is 6.64. The molecule has 1 amide bonds. The smallest absolute Gasteiger partial charge is 0.311 e. The Morgan fingerprint density at radius 2 is 2.07 bits per heavy atom. The number of carbonyl (C=O) groups excluding carboxylic acids is 2. The summed E-state index contributed by atoms with van der Waals surface area (Å²) in [5.74, 6) is 0.565. The number of carbonyl (C=O) groups is 2. The van der Waals surface area contributed by atoms with Crippen molar-refractivity contribution >= 4 is 18.0 Å². The van der Waals surface area contributed by atoms with Crippen LogP contribution in [0.5, 0.6) is 11.5 Å². The molecular formula is C22H24N2O5. The third kappa shape index (κ3) is 6.85. The second kappa shape index (κ2) is 10.7. The number of nitriles is 1. The molecule has 0 aliphatic carbocycles. The Morgan fingerprint density at radius 3 is 2.69 bits per heavy atom. The summed E-state index contributed by atoms with van der Waals surface area (Å²) in [7, 11) is 0. The van der Waals surface area contributed by atoms with Crippen LogP contribution in [0.4, 0.5) is 0 Å². The van der Waals surface area contributed by atoms with E-state index in [-0.39, 0.29) is 24.0 Å². The molecule has 1 heterocycles. The van der Waals surface area contributed by atoms with Crippen molar-refractivity contribution in [1.29, 1.82) is 5.26 Å². The molecule has 0 unspecified atom stereocenters. The number of esters is 1. The lowest BCUT2D eigenvalue weighted by Crippen LogP contribution is -2.23. The van der Waals surface area contributed by atoms with Crippen LogP contribution in [0.3, 0.4) is 0 Å². The largest absolute Gasteiger partial charge is 0.490 e. The number of nitrogens with zero attached hydrogens (tertiary/aromatic N) is 1. The van der Waals surface area contributed by atoms with Gasteiger partial charge < -0.3 is 19.2 Å². The van der Waals surface area contributed by atoms with Gasteiger partial charge in [-0.2, -0.15) is 5.26 Å². The molecule has 0 aliphatic heterocycles. The fraction of sp³-hybridized carbons (Fsp3) is 0.318. The molecule has 152 valence electrons. The van der Waals surface area contributed by atoms with E-state index in [0.29, 0.717) is 35.9 Å². The molecule has 2 rings (SSSR count). The summed E-state index contributed by atoms with van der Waals surface area (Å²) in [5, 5.41) is 12.0. The first-order chi connectivity index (χ1) is 13.9. The van der Waals surface area contributed by atoms with Gasteiger partial charge in [-0.25, -0.2) is 0 Å². The van der Waals surface area contributed by atoms with Crippen molar-refractivity contribution in [1.82, 2.24) is 5.32 Å². The highest BCUT2D eigenvalue weighted by atomic mass is 16.6. The molecule has 2 aromatic rings. The van der Waals surface area contributed by atoms with Crippen molar-refractivity contribution in [3.63, 3.8) is 0 Å². The van der Waals surface area contributed by atoms with Gasteiger partial charge in [0.1, 0.15) is 17.4 Å². The normalized spacial score (nSPS) is 11.1. The Labute approximate surface area is 169 Å². The van der Waals surface area contributed by atoms with E-state index in [2.05, 4.69) is 5.32 Å². The SMILES string of the molecule is CCOc1cc(/C=C(\C#N)C(=O)NCc2ccco2)ccc1OC(=O)CC(C)C. The van der Waals surface area contributed by atoms with Crippen molar-refractivity contribution < 1.29 is 23.5 Å². The van der Waals surface area contributed by atoms with E-state index < -0.39 is 5.91 Å². The van der Waals surface area contributed by atoms with Gasteiger partial charge >= 0.3 is 5.97 Å². The number of hydrogen-bond donors (Lipinski definition) is 1. The highest BCUT2D eigenvalue weighted by molar-refractivity contribution is 6.01. The minimum Gasteiger partial charge on any atom is -0.490 e. The highest BCUT2D eigenvalue weighted by Gasteiger charge is 2.14. The Morgan fingerprint density at radius 1 is 1.28 bits per heavy atom. The topological polar surface area (TPSA) is 102 Å². The van der Waals surface area contributed by atoms with E-state index in [1.165, 1.54) is 12.3 Å². The summed E-state index contributed by atoms with van der Waals surface area (Å²) < 4.78 is 16.1. The van der Waals surface area contributed by atoms with Gasteiger partial charge in [0.05, 0.1) is 19.4 Å². The predicted octanol–water partition coefficient (Wildman–Crippen LogP) is 3.85. The number of furan rings is 1. The molecule has 1 N–H and O–H groups in total. The third-order valence-electron chi connectivity index (χ3n) is 3.75. The van der Waals surface area contributed by atoms with Gasteiger partial charge in [-0.15, -0.1) is 0 Å². The maximum absolute atomic E-state index is 12.3. The number of hydrogen-bond acceptors (Lipinski definition) is 6. The van der Waals surface area contributed by atoms with Crippen LogP contribution in [0.15, 0.2) is 46.6 Å². The van der Waals surface area contributed by atoms with E-state index in [4.69, 9.17) is 13.9 Å². The standard InChI is InChI=1S/C22H24N2O5/c1-4-27-20-12-16(7-8-19(20)29-21(25)10-15(2)3)11-17(13-23)22(26)24-14-18-6-5-9-28-18/h5-9,11-12,15H,4,10,14H2,1-3H3,(H,24,26)/b17-11+. The molecule has 1 aromatic heterocycles. The maximum Gasteiger partial charge on any atom is 0.311 e. The molecule has 0 spiro atoms. The molecule has 0 aliphatic rings. The third-order valence-corrected chi connectivity index (χ3v) is 3.75. The van der Waals surface area contributed by atoms with Crippen LogP contribution >= 0.6 is 0 Å². The van der Waals surface area contributed by atoms with Gasteiger partial charge in [-0.3, -0.25) is 9.59 Å². The second-order valence-electron chi connectivity index (χ2n) is 6.64. The van der Waals surface area contributed by atoms with Crippen LogP contribution in [0.2, 0.25) is 0 Å². The minimum atomic E-state index is -0.519. The van der Waals surface area contributed by atoms with Gasteiger partial charge in [-0.1, -0.05) is 19.9 Å². The van der Waals surface area contributed by atoms with E-state index in [9.17, 15) is 14.9 Å². The maximum atomic E-state index is 12.3. The lowest BCUT2D eigenvalue weighted by atomic mass is 10.1. The zero-order valence-corrected chi connectivity index (χ0v) is 16.7. The Balaban J connectivity index is 2.16. The van der Waals surface area contributed by atoms with E-state index >= 15 is 0 Å². The molecule has 0 radical (unpaired) electrons. The zero-order chi connectivity index (χ0) is 21.2.